The smallest absolute Gasteiger partial charge is 0.285 e. The van der Waals surface area contributed by atoms with Crippen molar-refractivity contribution in [2.75, 3.05) is 11.4 Å². The van der Waals surface area contributed by atoms with Crippen LogP contribution in [0.5, 0.6) is 0 Å². The lowest BCUT2D eigenvalue weighted by Gasteiger charge is -2.29. The van der Waals surface area contributed by atoms with E-state index in [1.54, 1.807) is 18.3 Å². The van der Waals surface area contributed by atoms with Gasteiger partial charge in [-0.1, -0.05) is 32.0 Å². The highest BCUT2D eigenvalue weighted by molar-refractivity contribution is 5.93. The van der Waals surface area contributed by atoms with Gasteiger partial charge in [-0.25, -0.2) is 18.9 Å². The second-order valence-electron chi connectivity index (χ2n) is 8.96. The van der Waals surface area contributed by atoms with Crippen LogP contribution in [0, 0.1) is 29.0 Å². The van der Waals surface area contributed by atoms with Crippen molar-refractivity contribution in [3.63, 3.8) is 0 Å². The molecule has 0 saturated carbocycles. The summed E-state index contributed by atoms with van der Waals surface area (Å²) in [6, 6.07) is 12.2. The Labute approximate surface area is 199 Å². The highest BCUT2D eigenvalue weighted by atomic mass is 19.1. The van der Waals surface area contributed by atoms with Gasteiger partial charge in [0.1, 0.15) is 23.9 Å². The molecule has 1 aliphatic heterocycles. The zero-order valence-corrected chi connectivity index (χ0v) is 19.1. The van der Waals surface area contributed by atoms with Gasteiger partial charge in [-0.15, -0.1) is 0 Å². The van der Waals surface area contributed by atoms with Crippen LogP contribution in [-0.4, -0.2) is 35.7 Å². The second-order valence-corrected chi connectivity index (χ2v) is 8.96. The molecule has 9 nitrogen and oxygen atoms in total. The van der Waals surface area contributed by atoms with Gasteiger partial charge in [-0.05, 0) is 30.0 Å². The van der Waals surface area contributed by atoms with Crippen molar-refractivity contribution in [3.05, 3.63) is 82.7 Å². The Kier molecular flexibility index (Phi) is 4.67. The first kappa shape index (κ1) is 21.0. The second kappa shape index (κ2) is 7.77. The minimum atomic E-state index is -0.619. The first-order valence-electron chi connectivity index (χ1n) is 11.3. The number of benzene rings is 1. The summed E-state index contributed by atoms with van der Waals surface area (Å²) >= 11 is 0. The molecule has 5 aromatic rings. The van der Waals surface area contributed by atoms with Crippen LogP contribution in [0.4, 0.5) is 10.2 Å². The maximum Gasteiger partial charge on any atom is 0.285 e. The number of halogens is 1. The fourth-order valence-corrected chi connectivity index (χ4v) is 5.10. The number of fused-ring (bicyclic) bond motifs is 2. The van der Waals surface area contributed by atoms with Crippen molar-refractivity contribution in [2.24, 2.45) is 11.8 Å². The fraction of sp³-hybridized carbons (Fsp3) is 0.240. The van der Waals surface area contributed by atoms with Crippen molar-refractivity contribution >= 4 is 22.4 Å². The Morgan fingerprint density at radius 3 is 2.74 bits per heavy atom. The average molecular weight is 468 g/mol. The zero-order valence-electron chi connectivity index (χ0n) is 19.1. The predicted molar refractivity (Wildman–Crippen MR) is 128 cm³/mol. The number of aromatic nitrogens is 6. The standard InChI is InChI=1S/C25H21FN8O/c1-14-12-32(23-19-16(10-27)11-28-22(19)29-13-30-23)20(15(14)2)24-31-33-9-8-18(26)21(33)25(35)34(24)17-6-4-3-5-7-17/h3-9,11,13-15,20H,12H2,1-2H3,(H,28,29,30)/t14-,15?,20-/m0/s1. The van der Waals surface area contributed by atoms with Gasteiger partial charge in [0.15, 0.2) is 17.2 Å². The highest BCUT2D eigenvalue weighted by Crippen LogP contribution is 2.44. The van der Waals surface area contributed by atoms with E-state index in [1.165, 1.54) is 27.7 Å². The van der Waals surface area contributed by atoms with Crippen LogP contribution in [0.25, 0.3) is 22.2 Å². The number of nitrogens with zero attached hydrogens (tertiary/aromatic N) is 7. The van der Waals surface area contributed by atoms with E-state index in [0.717, 1.165) is 0 Å². The summed E-state index contributed by atoms with van der Waals surface area (Å²) in [6.45, 7) is 4.88. The molecule has 0 aliphatic carbocycles. The number of hydrogen-bond acceptors (Lipinski definition) is 6. The minimum absolute atomic E-state index is 0.0733. The van der Waals surface area contributed by atoms with Crippen LogP contribution < -0.4 is 10.5 Å². The number of hydrogen-bond donors (Lipinski definition) is 1. The Bertz CT molecular complexity index is 1680. The van der Waals surface area contributed by atoms with Gasteiger partial charge in [-0.3, -0.25) is 9.36 Å². The van der Waals surface area contributed by atoms with Crippen LogP contribution in [0.3, 0.4) is 0 Å². The van der Waals surface area contributed by atoms with E-state index >= 15 is 0 Å². The van der Waals surface area contributed by atoms with Crippen molar-refractivity contribution in [2.45, 2.75) is 19.9 Å². The van der Waals surface area contributed by atoms with Crippen LogP contribution in [0.2, 0.25) is 0 Å². The summed E-state index contributed by atoms with van der Waals surface area (Å²) in [5.41, 5.74) is 1.01. The van der Waals surface area contributed by atoms with E-state index in [-0.39, 0.29) is 23.4 Å². The Hall–Kier alpha value is -4.52. The molecular formula is C25H21FN8O. The number of nitriles is 1. The molecule has 0 bridgehead atoms. The molecule has 1 N–H and O–H groups in total. The average Bonchev–Trinajstić information content (AvgIpc) is 3.55. The molecule has 174 valence electrons. The van der Waals surface area contributed by atoms with Gasteiger partial charge in [0.25, 0.3) is 5.56 Å². The van der Waals surface area contributed by atoms with Gasteiger partial charge >= 0.3 is 0 Å². The molecule has 3 atom stereocenters. The maximum absolute atomic E-state index is 14.6. The molecule has 0 amide bonds. The van der Waals surface area contributed by atoms with E-state index in [2.05, 4.69) is 39.8 Å². The predicted octanol–water partition coefficient (Wildman–Crippen LogP) is 3.60. The summed E-state index contributed by atoms with van der Waals surface area (Å²) in [7, 11) is 0. The van der Waals surface area contributed by atoms with Gasteiger partial charge in [-0.2, -0.15) is 10.4 Å². The Morgan fingerprint density at radius 2 is 1.97 bits per heavy atom. The fourth-order valence-electron chi connectivity index (χ4n) is 5.10. The third kappa shape index (κ3) is 3.05. The molecule has 4 aromatic heterocycles. The van der Waals surface area contributed by atoms with E-state index in [9.17, 15) is 14.4 Å². The summed E-state index contributed by atoms with van der Waals surface area (Å²) in [5, 5.41) is 15.1. The van der Waals surface area contributed by atoms with Crippen LogP contribution >= 0.6 is 0 Å². The number of nitrogens with one attached hydrogen (secondary N) is 1. The molecule has 1 fully saturated rings. The normalized spacial score (nSPS) is 20.1. The number of anilines is 1. The largest absolute Gasteiger partial charge is 0.345 e. The minimum Gasteiger partial charge on any atom is -0.345 e. The summed E-state index contributed by atoms with van der Waals surface area (Å²) < 4.78 is 17.4. The molecule has 10 heteroatoms. The molecule has 1 unspecified atom stereocenters. The van der Waals surface area contributed by atoms with Crippen molar-refractivity contribution in [1.29, 1.82) is 5.26 Å². The van der Waals surface area contributed by atoms with Crippen molar-refractivity contribution in [1.82, 2.24) is 29.1 Å². The monoisotopic (exact) mass is 468 g/mol. The quantitative estimate of drug-likeness (QED) is 0.434. The first-order chi connectivity index (χ1) is 17.0. The first-order valence-corrected chi connectivity index (χ1v) is 11.3. The molecular weight excluding hydrogens is 447 g/mol. The molecule has 1 aromatic carbocycles. The third-order valence-electron chi connectivity index (χ3n) is 7.00. The summed E-state index contributed by atoms with van der Waals surface area (Å²) in [6.07, 6.45) is 4.54. The molecule has 35 heavy (non-hydrogen) atoms. The van der Waals surface area contributed by atoms with Crippen LogP contribution in [0.15, 0.2) is 59.9 Å². The van der Waals surface area contributed by atoms with E-state index in [4.69, 9.17) is 5.10 Å². The molecule has 0 radical (unpaired) electrons. The van der Waals surface area contributed by atoms with Crippen LogP contribution in [-0.2, 0) is 0 Å². The number of aromatic amines is 1. The SMILES string of the molecule is CC1[C@@H](c2nn3ccc(F)c3c(=O)n2-c2ccccc2)N(c2ncnc3[nH]cc(C#N)c23)C[C@@H]1C. The van der Waals surface area contributed by atoms with Crippen molar-refractivity contribution in [3.8, 4) is 11.8 Å². The Balaban J connectivity index is 1.65. The number of H-pyrrole nitrogens is 1. The highest BCUT2D eigenvalue weighted by Gasteiger charge is 2.42. The van der Waals surface area contributed by atoms with Crippen LogP contribution in [0.1, 0.15) is 31.3 Å². The van der Waals surface area contributed by atoms with E-state index in [1.807, 2.05) is 18.2 Å². The van der Waals surface area contributed by atoms with Gasteiger partial charge in [0.05, 0.1) is 22.7 Å². The lowest BCUT2D eigenvalue weighted by atomic mass is 9.93. The lowest BCUT2D eigenvalue weighted by Crippen LogP contribution is -2.35. The molecule has 0 spiro atoms. The molecule has 6 rings (SSSR count). The maximum atomic E-state index is 14.6. The Morgan fingerprint density at radius 1 is 1.17 bits per heavy atom. The molecule has 1 aliphatic rings. The van der Waals surface area contributed by atoms with Gasteiger partial charge < -0.3 is 9.88 Å². The van der Waals surface area contributed by atoms with E-state index in [0.29, 0.717) is 40.5 Å². The lowest BCUT2D eigenvalue weighted by molar-refractivity contribution is 0.410. The summed E-state index contributed by atoms with van der Waals surface area (Å²) in [4.78, 5) is 27.6. The number of rotatable bonds is 3. The van der Waals surface area contributed by atoms with E-state index < -0.39 is 11.4 Å². The topological polar surface area (TPSA) is 108 Å². The zero-order chi connectivity index (χ0) is 24.3. The van der Waals surface area contributed by atoms with Gasteiger partial charge in [0.2, 0.25) is 0 Å². The van der Waals surface area contributed by atoms with Crippen molar-refractivity contribution < 1.29 is 4.39 Å². The third-order valence-corrected chi connectivity index (χ3v) is 7.00. The molecule has 1 saturated heterocycles. The summed E-state index contributed by atoms with van der Waals surface area (Å²) in [5.74, 6) is 0.757. The number of para-hydroxylation sites is 1. The molecule has 5 heterocycles. The van der Waals surface area contributed by atoms with Gasteiger partial charge in [0, 0.05) is 18.9 Å².